The maximum Gasteiger partial charge on any atom is 0.245 e. The fourth-order valence-electron chi connectivity index (χ4n) is 3.21. The van der Waals surface area contributed by atoms with E-state index in [2.05, 4.69) is 4.98 Å². The van der Waals surface area contributed by atoms with E-state index in [1.807, 2.05) is 26.0 Å². The summed E-state index contributed by atoms with van der Waals surface area (Å²) in [5.41, 5.74) is 7.54. The molecule has 6 heteroatoms. The third kappa shape index (κ3) is 3.11. The van der Waals surface area contributed by atoms with Crippen LogP contribution >= 0.6 is 0 Å². The monoisotopic (exact) mass is 333 g/mol. The van der Waals surface area contributed by atoms with Gasteiger partial charge in [-0.15, -0.1) is 0 Å². The number of hydrogen-bond donors (Lipinski definition) is 1. The summed E-state index contributed by atoms with van der Waals surface area (Å²) in [7, 11) is -3.55. The molecule has 2 aromatic rings. The van der Waals surface area contributed by atoms with Crippen LogP contribution in [-0.4, -0.2) is 36.8 Å². The lowest BCUT2D eigenvalue weighted by Crippen LogP contribution is -2.45. The molecule has 2 unspecified atom stereocenters. The van der Waals surface area contributed by atoms with Gasteiger partial charge in [0.05, 0.1) is 5.52 Å². The Balaban J connectivity index is 2.03. The average molecular weight is 333 g/mol. The third-order valence-corrected chi connectivity index (χ3v) is 6.49. The normalized spacial score (nSPS) is 21.4. The minimum Gasteiger partial charge on any atom is -0.328 e. The molecule has 1 aliphatic rings. The maximum atomic E-state index is 13.1. The molecule has 2 atom stereocenters. The zero-order valence-corrected chi connectivity index (χ0v) is 14.4. The van der Waals surface area contributed by atoms with E-state index < -0.39 is 10.0 Å². The number of aromatic nitrogens is 1. The summed E-state index contributed by atoms with van der Waals surface area (Å²) in [5, 5.41) is 0.854. The van der Waals surface area contributed by atoms with E-state index in [9.17, 15) is 8.42 Å². The Labute approximate surface area is 137 Å². The van der Waals surface area contributed by atoms with Gasteiger partial charge in [-0.05, 0) is 50.3 Å². The molecule has 1 fully saturated rings. The number of piperidine rings is 1. The van der Waals surface area contributed by atoms with Crippen molar-refractivity contribution in [3.05, 3.63) is 36.0 Å². The van der Waals surface area contributed by atoms with Gasteiger partial charge in [-0.25, -0.2) is 8.42 Å². The topological polar surface area (TPSA) is 76.3 Å². The molecule has 1 aliphatic heterocycles. The van der Waals surface area contributed by atoms with E-state index in [1.54, 1.807) is 22.6 Å². The highest BCUT2D eigenvalue weighted by molar-refractivity contribution is 7.89. The number of hydrogen-bond acceptors (Lipinski definition) is 4. The first-order valence-electron chi connectivity index (χ1n) is 8.00. The van der Waals surface area contributed by atoms with Crippen molar-refractivity contribution in [1.29, 1.82) is 0 Å². The summed E-state index contributed by atoms with van der Waals surface area (Å²) in [4.78, 5) is 4.66. The highest BCUT2D eigenvalue weighted by Crippen LogP contribution is 2.28. The Bertz CT molecular complexity index is 818. The molecule has 0 bridgehead atoms. The van der Waals surface area contributed by atoms with Crippen LogP contribution < -0.4 is 5.73 Å². The molecule has 0 spiro atoms. The van der Waals surface area contributed by atoms with Crippen molar-refractivity contribution in [2.24, 2.45) is 11.7 Å². The molecule has 2 N–H and O–H groups in total. The van der Waals surface area contributed by atoms with Crippen molar-refractivity contribution < 1.29 is 8.42 Å². The van der Waals surface area contributed by atoms with Crippen molar-refractivity contribution in [2.75, 3.05) is 13.1 Å². The van der Waals surface area contributed by atoms with E-state index >= 15 is 0 Å². The van der Waals surface area contributed by atoms with Crippen LogP contribution in [0.25, 0.3) is 10.9 Å². The molecule has 0 aliphatic carbocycles. The first kappa shape index (κ1) is 16.4. The van der Waals surface area contributed by atoms with Gasteiger partial charge in [-0.1, -0.05) is 12.1 Å². The van der Waals surface area contributed by atoms with Crippen molar-refractivity contribution in [3.8, 4) is 0 Å². The van der Waals surface area contributed by atoms with Gasteiger partial charge < -0.3 is 5.73 Å². The van der Waals surface area contributed by atoms with Gasteiger partial charge in [0.25, 0.3) is 0 Å². The predicted octanol–water partition coefficient (Wildman–Crippen LogP) is 2.29. The molecule has 0 amide bonds. The van der Waals surface area contributed by atoms with Crippen molar-refractivity contribution in [1.82, 2.24) is 9.29 Å². The first-order valence-corrected chi connectivity index (χ1v) is 9.44. The molecule has 1 saturated heterocycles. The van der Waals surface area contributed by atoms with Crippen molar-refractivity contribution in [3.63, 3.8) is 0 Å². The van der Waals surface area contributed by atoms with Crippen LogP contribution in [-0.2, 0) is 10.0 Å². The fourth-order valence-corrected chi connectivity index (χ4v) is 4.91. The van der Waals surface area contributed by atoms with Gasteiger partial charge in [-0.3, -0.25) is 4.98 Å². The molecule has 2 heterocycles. The van der Waals surface area contributed by atoms with Crippen LogP contribution in [0, 0.1) is 12.8 Å². The van der Waals surface area contributed by atoms with Gasteiger partial charge in [0.1, 0.15) is 4.90 Å². The fraction of sp³-hybridized carbons (Fsp3) is 0.471. The van der Waals surface area contributed by atoms with Crippen LogP contribution in [0.15, 0.2) is 35.4 Å². The summed E-state index contributed by atoms with van der Waals surface area (Å²) in [5.74, 6) is 0.212. The van der Waals surface area contributed by atoms with E-state index in [1.165, 1.54) is 0 Å². The van der Waals surface area contributed by atoms with E-state index in [0.717, 1.165) is 23.8 Å². The second-order valence-corrected chi connectivity index (χ2v) is 8.37. The largest absolute Gasteiger partial charge is 0.328 e. The summed E-state index contributed by atoms with van der Waals surface area (Å²) in [6.45, 7) is 4.94. The Kier molecular flexibility index (Phi) is 4.40. The lowest BCUT2D eigenvalue weighted by molar-refractivity contribution is 0.243. The Morgan fingerprint density at radius 1 is 1.39 bits per heavy atom. The Morgan fingerprint density at radius 2 is 2.17 bits per heavy atom. The number of fused-ring (bicyclic) bond motifs is 1. The van der Waals surface area contributed by atoms with Crippen LogP contribution in [0.3, 0.4) is 0 Å². The van der Waals surface area contributed by atoms with E-state index in [4.69, 9.17) is 5.73 Å². The number of rotatable bonds is 3. The minimum absolute atomic E-state index is 0.00120. The number of benzene rings is 1. The molecule has 1 aromatic carbocycles. The molecule has 1 aromatic heterocycles. The molecular weight excluding hydrogens is 310 g/mol. The maximum absolute atomic E-state index is 13.1. The Morgan fingerprint density at radius 3 is 2.91 bits per heavy atom. The van der Waals surface area contributed by atoms with Crippen LogP contribution in [0.4, 0.5) is 0 Å². The van der Waals surface area contributed by atoms with Crippen LogP contribution in [0.2, 0.25) is 0 Å². The number of aryl methyl sites for hydroxylation is 1. The summed E-state index contributed by atoms with van der Waals surface area (Å²) in [6, 6.07) is 7.29. The number of nitrogens with zero attached hydrogens (tertiary/aromatic N) is 2. The zero-order chi connectivity index (χ0) is 16.6. The zero-order valence-electron chi connectivity index (χ0n) is 13.6. The summed E-state index contributed by atoms with van der Waals surface area (Å²) >= 11 is 0. The lowest BCUT2D eigenvalue weighted by Gasteiger charge is -2.33. The highest BCUT2D eigenvalue weighted by atomic mass is 32.2. The lowest BCUT2D eigenvalue weighted by atomic mass is 9.93. The molecule has 3 rings (SSSR count). The average Bonchev–Trinajstić information content (AvgIpc) is 2.54. The third-order valence-electron chi connectivity index (χ3n) is 4.59. The van der Waals surface area contributed by atoms with Crippen LogP contribution in [0.5, 0.6) is 0 Å². The molecular formula is C17H23N3O2S. The minimum atomic E-state index is -3.55. The van der Waals surface area contributed by atoms with Gasteiger partial charge in [0, 0.05) is 30.7 Å². The standard InChI is InChI=1S/C17H23N3O2S/c1-12-9-14-5-3-7-16(17(14)19-10-12)23(21,22)20-8-4-6-15(11-20)13(2)18/h3,5,7,9-10,13,15H,4,6,8,11,18H2,1-2H3. The van der Waals surface area contributed by atoms with E-state index in [0.29, 0.717) is 23.5 Å². The van der Waals surface area contributed by atoms with Gasteiger partial charge >= 0.3 is 0 Å². The number of pyridine rings is 1. The molecule has 124 valence electrons. The quantitative estimate of drug-likeness (QED) is 0.935. The van der Waals surface area contributed by atoms with Crippen molar-refractivity contribution >= 4 is 20.9 Å². The highest BCUT2D eigenvalue weighted by Gasteiger charge is 2.32. The number of nitrogens with two attached hydrogens (primary N) is 1. The van der Waals surface area contributed by atoms with Crippen LogP contribution in [0.1, 0.15) is 25.3 Å². The van der Waals surface area contributed by atoms with Crippen molar-refractivity contribution in [2.45, 2.75) is 37.6 Å². The predicted molar refractivity (Wildman–Crippen MR) is 91.6 cm³/mol. The van der Waals surface area contributed by atoms with Gasteiger partial charge in [0.15, 0.2) is 0 Å². The first-order chi connectivity index (χ1) is 10.9. The molecule has 0 saturated carbocycles. The molecule has 5 nitrogen and oxygen atoms in total. The summed E-state index contributed by atoms with van der Waals surface area (Å²) < 4.78 is 27.8. The Hall–Kier alpha value is -1.50. The number of para-hydroxylation sites is 1. The molecule has 23 heavy (non-hydrogen) atoms. The molecule has 0 radical (unpaired) electrons. The van der Waals surface area contributed by atoms with Gasteiger partial charge in [0.2, 0.25) is 10.0 Å². The number of sulfonamides is 1. The SMILES string of the molecule is Cc1cnc2c(S(=O)(=O)N3CCCC(C(C)N)C3)cccc2c1. The smallest absolute Gasteiger partial charge is 0.245 e. The summed E-state index contributed by atoms with van der Waals surface area (Å²) in [6.07, 6.45) is 3.54. The van der Waals surface area contributed by atoms with Gasteiger partial charge in [-0.2, -0.15) is 4.31 Å². The second-order valence-electron chi connectivity index (χ2n) is 6.47. The second kappa shape index (κ2) is 6.19. The van der Waals surface area contributed by atoms with E-state index in [-0.39, 0.29) is 12.0 Å².